The number of benzene rings is 2. The van der Waals surface area contributed by atoms with Gasteiger partial charge in [-0.25, -0.2) is 0 Å². The van der Waals surface area contributed by atoms with Crippen molar-refractivity contribution in [3.05, 3.63) is 59.1 Å². The first-order valence-corrected chi connectivity index (χ1v) is 9.62. The number of rotatable bonds is 7. The van der Waals surface area contributed by atoms with Crippen molar-refractivity contribution < 1.29 is 19.2 Å². The van der Waals surface area contributed by atoms with E-state index in [-0.39, 0.29) is 6.42 Å². The predicted molar refractivity (Wildman–Crippen MR) is 104 cm³/mol. The number of ether oxygens (including phenoxy) is 1. The second-order valence-corrected chi connectivity index (χ2v) is 9.16. The fourth-order valence-corrected chi connectivity index (χ4v) is 3.16. The Morgan fingerprint density at radius 1 is 1.27 bits per heavy atom. The molecule has 0 radical (unpaired) electrons. The van der Waals surface area contributed by atoms with Crippen molar-refractivity contribution in [3.63, 3.8) is 0 Å². The molecule has 0 aromatic heterocycles. The number of carbonyl (C=O) groups is 1. The molecule has 0 bridgehead atoms. The van der Waals surface area contributed by atoms with Crippen molar-refractivity contribution in [2.24, 2.45) is 0 Å². The third-order valence-electron chi connectivity index (χ3n) is 3.51. The first-order chi connectivity index (χ1) is 12.2. The lowest BCUT2D eigenvalue weighted by Gasteiger charge is -2.27. The molecule has 0 fully saturated rings. The van der Waals surface area contributed by atoms with Crippen LogP contribution in [0, 0.1) is 0 Å². The SMILES string of the molecule is CC(C)(C)[S@@+]([O-])NC(CC(=O)O)c1cccc(Oc2ccccc2Cl)c1. The highest BCUT2D eigenvalue weighted by atomic mass is 35.5. The quantitative estimate of drug-likeness (QED) is 0.664. The van der Waals surface area contributed by atoms with Gasteiger partial charge >= 0.3 is 5.97 Å². The Labute approximate surface area is 161 Å². The molecule has 0 saturated carbocycles. The van der Waals surface area contributed by atoms with Crippen LogP contribution < -0.4 is 9.46 Å². The van der Waals surface area contributed by atoms with Crippen LogP contribution in [0.25, 0.3) is 0 Å². The average molecular weight is 396 g/mol. The zero-order valence-corrected chi connectivity index (χ0v) is 16.4. The van der Waals surface area contributed by atoms with Crippen LogP contribution in [0.1, 0.15) is 38.8 Å². The van der Waals surface area contributed by atoms with Crippen molar-refractivity contribution >= 4 is 28.9 Å². The molecule has 140 valence electrons. The van der Waals surface area contributed by atoms with E-state index in [9.17, 15) is 14.5 Å². The maximum Gasteiger partial charge on any atom is 0.305 e. The molecule has 26 heavy (non-hydrogen) atoms. The van der Waals surface area contributed by atoms with Crippen LogP contribution >= 0.6 is 11.6 Å². The molecule has 0 aliphatic rings. The maximum absolute atomic E-state index is 12.4. The summed E-state index contributed by atoms with van der Waals surface area (Å²) in [5, 5.41) is 9.69. The van der Waals surface area contributed by atoms with Crippen molar-refractivity contribution in [1.29, 1.82) is 0 Å². The summed E-state index contributed by atoms with van der Waals surface area (Å²) in [5.41, 5.74) is 0.676. The molecule has 0 saturated heterocycles. The highest BCUT2D eigenvalue weighted by Gasteiger charge is 2.31. The Bertz CT molecular complexity index is 763. The van der Waals surface area contributed by atoms with Gasteiger partial charge in [0, 0.05) is 11.4 Å². The van der Waals surface area contributed by atoms with Gasteiger partial charge < -0.3 is 14.4 Å². The Morgan fingerprint density at radius 3 is 2.58 bits per heavy atom. The lowest BCUT2D eigenvalue weighted by Crippen LogP contribution is -2.41. The van der Waals surface area contributed by atoms with Crippen LogP contribution in [0.4, 0.5) is 0 Å². The molecule has 0 heterocycles. The average Bonchev–Trinajstić information content (AvgIpc) is 2.55. The number of carboxylic acid groups (broad SMARTS) is 1. The van der Waals surface area contributed by atoms with E-state index in [2.05, 4.69) is 4.72 Å². The third kappa shape index (κ3) is 5.92. The van der Waals surface area contributed by atoms with Gasteiger partial charge in [0.15, 0.2) is 0 Å². The molecule has 7 heteroatoms. The van der Waals surface area contributed by atoms with Gasteiger partial charge in [-0.05, 0) is 50.6 Å². The van der Waals surface area contributed by atoms with Gasteiger partial charge in [0.05, 0.1) is 17.5 Å². The lowest BCUT2D eigenvalue weighted by molar-refractivity contribution is -0.137. The molecule has 2 N–H and O–H groups in total. The molecule has 5 nitrogen and oxygen atoms in total. The molecule has 0 aliphatic carbocycles. The molecule has 2 aromatic rings. The first kappa shape index (κ1) is 20.6. The molecule has 0 aliphatic heterocycles. The van der Waals surface area contributed by atoms with E-state index < -0.39 is 28.1 Å². The summed E-state index contributed by atoms with van der Waals surface area (Å²) in [7, 11) is 0. The third-order valence-corrected chi connectivity index (χ3v) is 5.43. The summed E-state index contributed by atoms with van der Waals surface area (Å²) in [5.74, 6) is 0.0486. The Hall–Kier alpha value is -1.73. The fourth-order valence-electron chi connectivity index (χ4n) is 2.16. The zero-order chi connectivity index (χ0) is 19.3. The van der Waals surface area contributed by atoms with E-state index in [0.717, 1.165) is 0 Å². The summed E-state index contributed by atoms with van der Waals surface area (Å²) in [6, 6.07) is 13.5. The van der Waals surface area contributed by atoms with Gasteiger partial charge in [-0.1, -0.05) is 35.9 Å². The minimum absolute atomic E-state index is 0.197. The Morgan fingerprint density at radius 2 is 1.96 bits per heavy atom. The summed E-state index contributed by atoms with van der Waals surface area (Å²) < 4.78 is 20.6. The molecule has 1 unspecified atom stereocenters. The fraction of sp³-hybridized carbons (Fsp3) is 0.316. The van der Waals surface area contributed by atoms with Crippen LogP contribution in [0.5, 0.6) is 11.5 Å². The highest BCUT2D eigenvalue weighted by Crippen LogP contribution is 2.31. The van der Waals surface area contributed by atoms with Gasteiger partial charge in [0.1, 0.15) is 16.2 Å². The van der Waals surface area contributed by atoms with E-state index in [1.54, 1.807) is 42.5 Å². The van der Waals surface area contributed by atoms with Crippen molar-refractivity contribution in [2.75, 3.05) is 0 Å². The molecular weight excluding hydrogens is 374 g/mol. The predicted octanol–water partition coefficient (Wildman–Crippen LogP) is 4.70. The van der Waals surface area contributed by atoms with Gasteiger partial charge in [-0.3, -0.25) is 4.79 Å². The molecule has 0 spiro atoms. The van der Waals surface area contributed by atoms with E-state index in [0.29, 0.717) is 22.1 Å². The smallest absolute Gasteiger partial charge is 0.305 e. The van der Waals surface area contributed by atoms with Crippen LogP contribution in [0.15, 0.2) is 48.5 Å². The standard InChI is InChI=1S/C19H22ClNO4S/c1-19(2,3)26(24)21-16(12-18(22)23)13-7-6-8-14(11-13)25-17-10-5-4-9-15(17)20/h4-11,16,21H,12H2,1-3H3,(H,22,23)/t16?,26-/m1/s1. The van der Waals surface area contributed by atoms with E-state index in [1.807, 2.05) is 26.8 Å². The topological polar surface area (TPSA) is 81.6 Å². The molecule has 2 aromatic carbocycles. The zero-order valence-electron chi connectivity index (χ0n) is 14.9. The molecule has 2 rings (SSSR count). The van der Waals surface area contributed by atoms with Crippen LogP contribution in [0.2, 0.25) is 5.02 Å². The summed E-state index contributed by atoms with van der Waals surface area (Å²) in [4.78, 5) is 11.2. The number of aliphatic carboxylic acids is 1. The number of para-hydroxylation sites is 1. The Kier molecular flexibility index (Phi) is 6.94. The molecular formula is C19H22ClNO4S. The highest BCUT2D eigenvalue weighted by molar-refractivity contribution is 7.90. The van der Waals surface area contributed by atoms with E-state index >= 15 is 0 Å². The van der Waals surface area contributed by atoms with Crippen molar-refractivity contribution in [1.82, 2.24) is 4.72 Å². The van der Waals surface area contributed by atoms with Gasteiger partial charge in [0.25, 0.3) is 0 Å². The van der Waals surface area contributed by atoms with Crippen LogP contribution in [0.3, 0.4) is 0 Å². The van der Waals surface area contributed by atoms with E-state index in [1.165, 1.54) is 0 Å². The number of hydrogen-bond acceptors (Lipinski definition) is 4. The second kappa shape index (κ2) is 8.77. The monoisotopic (exact) mass is 395 g/mol. The second-order valence-electron chi connectivity index (χ2n) is 6.75. The van der Waals surface area contributed by atoms with Gasteiger partial charge in [-0.2, -0.15) is 0 Å². The van der Waals surface area contributed by atoms with Crippen molar-refractivity contribution in [3.8, 4) is 11.5 Å². The van der Waals surface area contributed by atoms with Crippen LogP contribution in [-0.4, -0.2) is 20.4 Å². The first-order valence-electron chi connectivity index (χ1n) is 8.09. The number of carboxylic acids is 1. The number of hydrogen-bond donors (Lipinski definition) is 2. The molecule has 2 atom stereocenters. The minimum atomic E-state index is -1.41. The van der Waals surface area contributed by atoms with Gasteiger partial charge in [-0.15, -0.1) is 4.72 Å². The van der Waals surface area contributed by atoms with Gasteiger partial charge in [0.2, 0.25) is 0 Å². The normalized spacial score (nSPS) is 13.9. The van der Waals surface area contributed by atoms with Crippen molar-refractivity contribution in [2.45, 2.75) is 38.0 Å². The molecule has 0 amide bonds. The number of nitrogens with one attached hydrogen (secondary N) is 1. The summed E-state index contributed by atoms with van der Waals surface area (Å²) in [6.45, 7) is 5.47. The Balaban J connectivity index is 2.25. The number of halogens is 1. The minimum Gasteiger partial charge on any atom is -0.598 e. The lowest BCUT2D eigenvalue weighted by atomic mass is 10.0. The summed E-state index contributed by atoms with van der Waals surface area (Å²) >= 11 is 4.70. The summed E-state index contributed by atoms with van der Waals surface area (Å²) in [6.07, 6.45) is -0.197. The largest absolute Gasteiger partial charge is 0.598 e. The van der Waals surface area contributed by atoms with Crippen LogP contribution in [-0.2, 0) is 16.2 Å². The maximum atomic E-state index is 12.4. The van der Waals surface area contributed by atoms with E-state index in [4.69, 9.17) is 16.3 Å².